The van der Waals surface area contributed by atoms with E-state index >= 15 is 0 Å². The quantitative estimate of drug-likeness (QED) is 0.778. The molecule has 1 aromatic carbocycles. The summed E-state index contributed by atoms with van der Waals surface area (Å²) in [6.45, 7) is 2.52. The van der Waals surface area contributed by atoms with Crippen LogP contribution >= 0.6 is 11.6 Å². The molecule has 1 heterocycles. The van der Waals surface area contributed by atoms with Crippen molar-refractivity contribution in [3.8, 4) is 5.69 Å². The van der Waals surface area contributed by atoms with Gasteiger partial charge in [-0.1, -0.05) is 11.6 Å². The maximum atomic E-state index is 11.7. The van der Waals surface area contributed by atoms with Crippen molar-refractivity contribution in [3.63, 3.8) is 0 Å². The van der Waals surface area contributed by atoms with E-state index in [0.717, 1.165) is 5.69 Å². The first kappa shape index (κ1) is 9.98. The monoisotopic (exact) mass is 223 g/mol. The van der Waals surface area contributed by atoms with Gasteiger partial charge < -0.3 is 0 Å². The molecule has 0 unspecified atom stereocenters. The largest absolute Gasteiger partial charge is 0.350 e. The first-order valence-corrected chi connectivity index (χ1v) is 5.00. The van der Waals surface area contributed by atoms with Gasteiger partial charge >= 0.3 is 5.69 Å². The summed E-state index contributed by atoms with van der Waals surface area (Å²) < 4.78 is 2.88. The smallest absolute Gasteiger partial charge is 0.281 e. The van der Waals surface area contributed by atoms with Crippen LogP contribution in [0.5, 0.6) is 0 Å². The normalized spacial score (nSPS) is 10.5. The molecule has 0 aliphatic rings. The molecule has 0 saturated heterocycles. The van der Waals surface area contributed by atoms with E-state index in [-0.39, 0.29) is 5.69 Å². The van der Waals surface area contributed by atoms with Crippen LogP contribution < -0.4 is 5.69 Å². The number of rotatable bonds is 2. The first-order chi connectivity index (χ1) is 7.22. The maximum absolute atomic E-state index is 11.7. The van der Waals surface area contributed by atoms with E-state index in [1.807, 2.05) is 6.92 Å². The number of aromatic nitrogens is 3. The van der Waals surface area contributed by atoms with Gasteiger partial charge in [-0.3, -0.25) is 4.57 Å². The van der Waals surface area contributed by atoms with Crippen LogP contribution in [0.2, 0.25) is 5.02 Å². The second-order valence-corrected chi connectivity index (χ2v) is 3.52. The van der Waals surface area contributed by atoms with Crippen LogP contribution in [0, 0.1) is 0 Å². The van der Waals surface area contributed by atoms with Gasteiger partial charge in [0.05, 0.1) is 5.69 Å². The Kier molecular flexibility index (Phi) is 2.60. The van der Waals surface area contributed by atoms with Gasteiger partial charge in [0.25, 0.3) is 0 Å². The van der Waals surface area contributed by atoms with Gasteiger partial charge in [-0.05, 0) is 31.2 Å². The molecule has 2 rings (SSSR count). The average Bonchev–Trinajstić information content (AvgIpc) is 2.61. The molecule has 2 aromatic rings. The van der Waals surface area contributed by atoms with Gasteiger partial charge in [-0.2, -0.15) is 9.78 Å². The highest BCUT2D eigenvalue weighted by atomic mass is 35.5. The number of benzene rings is 1. The molecular weight excluding hydrogens is 214 g/mol. The van der Waals surface area contributed by atoms with Gasteiger partial charge in [0.1, 0.15) is 6.33 Å². The second kappa shape index (κ2) is 3.90. The third-order valence-electron chi connectivity index (χ3n) is 2.15. The lowest BCUT2D eigenvalue weighted by molar-refractivity contribution is 0.712. The SMILES string of the molecule is CCn1cnn(-c2ccc(Cl)cc2)c1=O. The minimum absolute atomic E-state index is 0.139. The third-order valence-corrected chi connectivity index (χ3v) is 2.40. The Labute approximate surface area is 91.7 Å². The van der Waals surface area contributed by atoms with Gasteiger partial charge in [0.2, 0.25) is 0 Å². The van der Waals surface area contributed by atoms with Crippen LogP contribution in [0.3, 0.4) is 0 Å². The average molecular weight is 224 g/mol. The van der Waals surface area contributed by atoms with E-state index < -0.39 is 0 Å². The molecule has 0 N–H and O–H groups in total. The molecule has 0 fully saturated rings. The Morgan fingerprint density at radius 2 is 2.00 bits per heavy atom. The van der Waals surface area contributed by atoms with E-state index in [9.17, 15) is 4.79 Å². The van der Waals surface area contributed by atoms with Crippen molar-refractivity contribution in [2.75, 3.05) is 0 Å². The number of halogens is 1. The number of nitrogens with zero attached hydrogens (tertiary/aromatic N) is 3. The van der Waals surface area contributed by atoms with Crippen molar-refractivity contribution in [1.29, 1.82) is 0 Å². The predicted molar refractivity (Wildman–Crippen MR) is 58.5 cm³/mol. The molecule has 5 heteroatoms. The molecule has 0 atom stereocenters. The van der Waals surface area contributed by atoms with Crippen LogP contribution in [-0.4, -0.2) is 14.3 Å². The van der Waals surface area contributed by atoms with Crippen LogP contribution in [0.1, 0.15) is 6.92 Å². The summed E-state index contributed by atoms with van der Waals surface area (Å²) in [5.41, 5.74) is 0.580. The fourth-order valence-electron chi connectivity index (χ4n) is 1.31. The van der Waals surface area contributed by atoms with Gasteiger partial charge in [-0.15, -0.1) is 0 Å². The summed E-state index contributed by atoms with van der Waals surface area (Å²) in [5, 5.41) is 4.65. The van der Waals surface area contributed by atoms with Crippen LogP contribution in [-0.2, 0) is 6.54 Å². The highest BCUT2D eigenvalue weighted by molar-refractivity contribution is 6.30. The zero-order chi connectivity index (χ0) is 10.8. The molecule has 1 aromatic heterocycles. The Morgan fingerprint density at radius 1 is 1.33 bits per heavy atom. The Bertz CT molecular complexity index is 512. The van der Waals surface area contributed by atoms with Gasteiger partial charge in [0, 0.05) is 11.6 Å². The van der Waals surface area contributed by atoms with E-state index in [4.69, 9.17) is 11.6 Å². The summed E-state index contributed by atoms with van der Waals surface area (Å²) in [4.78, 5) is 11.7. The van der Waals surface area contributed by atoms with E-state index in [1.165, 1.54) is 15.6 Å². The van der Waals surface area contributed by atoms with Crippen molar-refractivity contribution < 1.29 is 0 Å². The summed E-state index contributed by atoms with van der Waals surface area (Å²) in [7, 11) is 0. The summed E-state index contributed by atoms with van der Waals surface area (Å²) >= 11 is 5.76. The lowest BCUT2D eigenvalue weighted by Gasteiger charge is -1.98. The van der Waals surface area contributed by atoms with Gasteiger partial charge in [-0.25, -0.2) is 4.79 Å². The zero-order valence-electron chi connectivity index (χ0n) is 8.22. The fraction of sp³-hybridized carbons (Fsp3) is 0.200. The highest BCUT2D eigenvalue weighted by Gasteiger charge is 2.04. The summed E-state index contributed by atoms with van der Waals surface area (Å²) in [6, 6.07) is 6.98. The molecule has 4 nitrogen and oxygen atoms in total. The Morgan fingerprint density at radius 3 is 2.53 bits per heavy atom. The minimum Gasteiger partial charge on any atom is -0.281 e. The van der Waals surface area contributed by atoms with E-state index in [1.54, 1.807) is 24.3 Å². The third kappa shape index (κ3) is 1.80. The fourth-order valence-corrected chi connectivity index (χ4v) is 1.44. The Hall–Kier alpha value is -1.55. The molecule has 0 saturated carbocycles. The molecule has 15 heavy (non-hydrogen) atoms. The molecule has 78 valence electrons. The van der Waals surface area contributed by atoms with Crippen molar-refractivity contribution in [1.82, 2.24) is 14.3 Å². The predicted octanol–water partition coefficient (Wildman–Crippen LogP) is 1.71. The van der Waals surface area contributed by atoms with Gasteiger partial charge in [0.15, 0.2) is 0 Å². The maximum Gasteiger partial charge on any atom is 0.350 e. The molecule has 0 aliphatic carbocycles. The lowest BCUT2D eigenvalue weighted by Crippen LogP contribution is -2.22. The van der Waals surface area contributed by atoms with Crippen molar-refractivity contribution >= 4 is 11.6 Å². The second-order valence-electron chi connectivity index (χ2n) is 3.09. The summed E-state index contributed by atoms with van der Waals surface area (Å²) in [5.74, 6) is 0. The number of hydrogen-bond donors (Lipinski definition) is 0. The standard InChI is InChI=1S/C10H10ClN3O/c1-2-13-7-12-14(10(13)15)9-5-3-8(11)4-6-9/h3-7H,2H2,1H3. The molecule has 0 amide bonds. The molecule has 0 spiro atoms. The Balaban J connectivity index is 2.50. The molecule has 0 radical (unpaired) electrons. The number of aryl methyl sites for hydroxylation is 1. The lowest BCUT2D eigenvalue weighted by atomic mass is 10.3. The first-order valence-electron chi connectivity index (χ1n) is 4.63. The highest BCUT2D eigenvalue weighted by Crippen LogP contribution is 2.10. The topological polar surface area (TPSA) is 39.8 Å². The van der Waals surface area contributed by atoms with Crippen molar-refractivity contribution in [2.24, 2.45) is 0 Å². The zero-order valence-corrected chi connectivity index (χ0v) is 8.98. The van der Waals surface area contributed by atoms with Crippen molar-refractivity contribution in [2.45, 2.75) is 13.5 Å². The number of hydrogen-bond acceptors (Lipinski definition) is 2. The van der Waals surface area contributed by atoms with Crippen LogP contribution in [0.15, 0.2) is 35.4 Å². The minimum atomic E-state index is -0.139. The van der Waals surface area contributed by atoms with E-state index in [2.05, 4.69) is 5.10 Å². The molecule has 0 bridgehead atoms. The van der Waals surface area contributed by atoms with E-state index in [0.29, 0.717) is 11.6 Å². The van der Waals surface area contributed by atoms with Crippen molar-refractivity contribution in [3.05, 3.63) is 46.1 Å². The van der Waals surface area contributed by atoms with Crippen LogP contribution in [0.4, 0.5) is 0 Å². The molecule has 0 aliphatic heterocycles. The molecular formula is C10H10ClN3O. The van der Waals surface area contributed by atoms with Crippen LogP contribution in [0.25, 0.3) is 5.69 Å². The summed E-state index contributed by atoms with van der Waals surface area (Å²) in [6.07, 6.45) is 1.52.